The zero-order valence-corrected chi connectivity index (χ0v) is 21.5. The Morgan fingerprint density at radius 2 is 1.82 bits per heavy atom. The third-order valence-corrected chi connectivity index (χ3v) is 6.63. The van der Waals surface area contributed by atoms with E-state index in [2.05, 4.69) is 5.32 Å². The number of ether oxygens (including phenoxy) is 2. The average molecular weight is 537 g/mol. The molecule has 38 heavy (non-hydrogen) atoms. The van der Waals surface area contributed by atoms with E-state index in [0.29, 0.717) is 24.8 Å². The molecule has 2 aromatic rings. The van der Waals surface area contributed by atoms with Gasteiger partial charge >= 0.3 is 18.2 Å². The van der Waals surface area contributed by atoms with Crippen LogP contribution in [0.1, 0.15) is 50.2 Å². The van der Waals surface area contributed by atoms with Gasteiger partial charge in [-0.2, -0.15) is 13.2 Å². The molecule has 1 aliphatic carbocycles. The molecule has 0 aliphatic heterocycles. The number of anilines is 1. The van der Waals surface area contributed by atoms with Crippen LogP contribution in [-0.4, -0.2) is 54.4 Å². The van der Waals surface area contributed by atoms with Crippen molar-refractivity contribution in [1.29, 1.82) is 0 Å². The number of nitrogens with zero attached hydrogens (tertiary/aromatic N) is 1. The van der Waals surface area contributed by atoms with Gasteiger partial charge in [0.2, 0.25) is 0 Å². The highest BCUT2D eigenvalue weighted by atomic mass is 19.4. The highest BCUT2D eigenvalue weighted by molar-refractivity contribution is 5.89. The second-order valence-electron chi connectivity index (χ2n) is 9.41. The number of rotatable bonds is 13. The lowest BCUT2D eigenvalue weighted by molar-refractivity contribution is -0.150. The highest BCUT2D eigenvalue weighted by Crippen LogP contribution is 2.31. The number of amides is 2. The van der Waals surface area contributed by atoms with Gasteiger partial charge < -0.3 is 24.8 Å². The Balaban J connectivity index is 1.58. The van der Waals surface area contributed by atoms with Crippen molar-refractivity contribution >= 4 is 17.7 Å². The summed E-state index contributed by atoms with van der Waals surface area (Å²) in [5.74, 6) is 0.0815. The van der Waals surface area contributed by atoms with Crippen LogP contribution in [0.2, 0.25) is 0 Å². The number of carbonyl (C=O) groups is 2. The monoisotopic (exact) mass is 536 g/mol. The minimum atomic E-state index is -4.50. The fraction of sp³-hybridized carbons (Fsp3) is 0.500. The summed E-state index contributed by atoms with van der Waals surface area (Å²) in [7, 11) is 0. The maximum Gasteiger partial charge on any atom is 0.416 e. The first-order valence-corrected chi connectivity index (χ1v) is 12.9. The van der Waals surface area contributed by atoms with Gasteiger partial charge in [-0.1, -0.05) is 43.9 Å². The molecule has 0 saturated heterocycles. The molecule has 1 saturated carbocycles. The van der Waals surface area contributed by atoms with E-state index in [9.17, 15) is 27.9 Å². The quantitative estimate of drug-likeness (QED) is 0.317. The molecule has 0 aromatic heterocycles. The van der Waals surface area contributed by atoms with Crippen molar-refractivity contribution in [2.75, 3.05) is 31.6 Å². The Morgan fingerprint density at radius 3 is 2.45 bits per heavy atom. The van der Waals surface area contributed by atoms with Gasteiger partial charge in [-0.05, 0) is 55.2 Å². The summed E-state index contributed by atoms with van der Waals surface area (Å²) >= 11 is 0. The van der Waals surface area contributed by atoms with Gasteiger partial charge in [0.1, 0.15) is 12.4 Å². The summed E-state index contributed by atoms with van der Waals surface area (Å²) in [6.07, 6.45) is 0.245. The third kappa shape index (κ3) is 9.24. The standard InChI is InChI=1S/C28H35F3N2O5/c1-2-37-25(26(34)35)18-21-10-12-24(13-11-21)38-17-16-33(15-14-20-6-3-4-7-20)27(36)32-23-9-5-8-22(19-23)28(29,30)31/h5,8-13,19-20,25H,2-4,6-7,14-18H2,1H3,(H,32,36)(H,34,35). The number of benzene rings is 2. The number of carbonyl (C=O) groups excluding carboxylic acids is 1. The molecule has 0 bridgehead atoms. The maximum atomic E-state index is 13.1. The molecule has 0 radical (unpaired) electrons. The van der Waals surface area contributed by atoms with Gasteiger partial charge in [0.15, 0.2) is 6.10 Å². The van der Waals surface area contributed by atoms with E-state index in [1.807, 2.05) is 0 Å². The number of carboxylic acid groups (broad SMARTS) is 1. The summed E-state index contributed by atoms with van der Waals surface area (Å²) in [5, 5.41) is 11.8. The van der Waals surface area contributed by atoms with Crippen molar-refractivity contribution in [3.05, 3.63) is 59.7 Å². The first-order chi connectivity index (χ1) is 18.2. The molecule has 2 amide bonds. The first-order valence-electron chi connectivity index (χ1n) is 12.9. The van der Waals surface area contributed by atoms with Crippen LogP contribution < -0.4 is 10.1 Å². The molecule has 2 N–H and O–H groups in total. The summed E-state index contributed by atoms with van der Waals surface area (Å²) in [5.41, 5.74) is 0.0475. The fourth-order valence-electron chi connectivity index (χ4n) is 4.56. The summed E-state index contributed by atoms with van der Waals surface area (Å²) in [6, 6.07) is 11.1. The number of urea groups is 1. The van der Waals surface area contributed by atoms with Gasteiger partial charge in [-0.25, -0.2) is 9.59 Å². The summed E-state index contributed by atoms with van der Waals surface area (Å²) in [4.78, 5) is 25.9. The van der Waals surface area contributed by atoms with E-state index in [0.717, 1.165) is 37.0 Å². The zero-order valence-electron chi connectivity index (χ0n) is 21.5. The van der Waals surface area contributed by atoms with Crippen molar-refractivity contribution in [3.8, 4) is 5.75 Å². The molecular formula is C28H35F3N2O5. The number of alkyl halides is 3. The van der Waals surface area contributed by atoms with Gasteiger partial charge in [0, 0.05) is 25.3 Å². The first kappa shape index (κ1) is 29.3. The lowest BCUT2D eigenvalue weighted by Crippen LogP contribution is -2.39. The fourth-order valence-corrected chi connectivity index (χ4v) is 4.56. The number of hydrogen-bond donors (Lipinski definition) is 2. The minimum Gasteiger partial charge on any atom is -0.492 e. The molecule has 0 spiro atoms. The Morgan fingerprint density at radius 1 is 1.11 bits per heavy atom. The number of nitrogens with one attached hydrogen (secondary N) is 1. The second kappa shape index (κ2) is 14.0. The van der Waals surface area contributed by atoms with Crippen LogP contribution in [0.3, 0.4) is 0 Å². The lowest BCUT2D eigenvalue weighted by atomic mass is 10.0. The second-order valence-corrected chi connectivity index (χ2v) is 9.41. The largest absolute Gasteiger partial charge is 0.492 e. The molecule has 2 aromatic carbocycles. The van der Waals surface area contributed by atoms with Crippen LogP contribution in [-0.2, 0) is 22.1 Å². The van der Waals surface area contributed by atoms with Crippen LogP contribution in [0.15, 0.2) is 48.5 Å². The van der Waals surface area contributed by atoms with Crippen LogP contribution in [0.25, 0.3) is 0 Å². The molecular weight excluding hydrogens is 501 g/mol. The van der Waals surface area contributed by atoms with E-state index < -0.39 is 29.8 Å². The average Bonchev–Trinajstić information content (AvgIpc) is 3.40. The van der Waals surface area contributed by atoms with Crippen molar-refractivity contribution in [1.82, 2.24) is 4.90 Å². The number of hydrogen-bond acceptors (Lipinski definition) is 4. The van der Waals surface area contributed by atoms with Gasteiger partial charge in [0.05, 0.1) is 12.1 Å². The van der Waals surface area contributed by atoms with E-state index >= 15 is 0 Å². The number of carboxylic acids is 1. The normalized spacial score (nSPS) is 14.7. The molecule has 1 atom stereocenters. The maximum absolute atomic E-state index is 13.1. The molecule has 1 fully saturated rings. The van der Waals surface area contributed by atoms with Crippen molar-refractivity contribution in [2.24, 2.45) is 5.92 Å². The highest BCUT2D eigenvalue weighted by Gasteiger charge is 2.30. The molecule has 10 heteroatoms. The van der Waals surface area contributed by atoms with Crippen LogP contribution in [0.5, 0.6) is 5.75 Å². The van der Waals surface area contributed by atoms with Gasteiger partial charge in [0.25, 0.3) is 0 Å². The lowest BCUT2D eigenvalue weighted by Gasteiger charge is -2.25. The van der Waals surface area contributed by atoms with Gasteiger partial charge in [-0.3, -0.25) is 0 Å². The van der Waals surface area contributed by atoms with E-state index in [-0.39, 0.29) is 25.3 Å². The summed E-state index contributed by atoms with van der Waals surface area (Å²) < 4.78 is 50.3. The Kier molecular flexibility index (Phi) is 10.8. The topological polar surface area (TPSA) is 88.1 Å². The molecule has 3 rings (SSSR count). The van der Waals surface area contributed by atoms with Crippen LogP contribution in [0.4, 0.5) is 23.7 Å². The Hall–Kier alpha value is -3.27. The molecule has 208 valence electrons. The molecule has 1 unspecified atom stereocenters. The smallest absolute Gasteiger partial charge is 0.416 e. The van der Waals surface area contributed by atoms with Crippen LogP contribution in [0, 0.1) is 5.92 Å². The third-order valence-electron chi connectivity index (χ3n) is 6.63. The van der Waals surface area contributed by atoms with Crippen molar-refractivity contribution in [2.45, 2.75) is 57.7 Å². The minimum absolute atomic E-state index is 0.0823. The predicted octanol–water partition coefficient (Wildman–Crippen LogP) is 6.23. The molecule has 7 nitrogen and oxygen atoms in total. The predicted molar refractivity (Wildman–Crippen MR) is 137 cm³/mol. The van der Waals surface area contributed by atoms with E-state index in [1.54, 1.807) is 36.1 Å². The zero-order chi connectivity index (χ0) is 27.5. The van der Waals surface area contributed by atoms with Crippen molar-refractivity contribution < 1.29 is 37.3 Å². The van der Waals surface area contributed by atoms with Gasteiger partial charge in [-0.15, -0.1) is 0 Å². The number of aliphatic carboxylic acids is 1. The summed E-state index contributed by atoms with van der Waals surface area (Å²) in [6.45, 7) is 2.97. The Bertz CT molecular complexity index is 1040. The molecule has 1 aliphatic rings. The Labute approximate surface area is 220 Å². The van der Waals surface area contributed by atoms with Crippen molar-refractivity contribution in [3.63, 3.8) is 0 Å². The number of halogens is 3. The van der Waals surface area contributed by atoms with E-state index in [1.165, 1.54) is 25.0 Å². The molecule has 0 heterocycles. The van der Waals surface area contributed by atoms with Crippen LogP contribution >= 0.6 is 0 Å². The van der Waals surface area contributed by atoms with E-state index in [4.69, 9.17) is 9.47 Å². The SMILES string of the molecule is CCOC(Cc1ccc(OCCN(CCC2CCCC2)C(=O)Nc2cccc(C(F)(F)F)c2)cc1)C(=O)O.